The van der Waals surface area contributed by atoms with Gasteiger partial charge in [-0.2, -0.15) is 4.31 Å². The van der Waals surface area contributed by atoms with E-state index in [4.69, 9.17) is 11.6 Å². The monoisotopic (exact) mass is 400 g/mol. The number of halogens is 1. The van der Waals surface area contributed by atoms with E-state index in [0.29, 0.717) is 31.7 Å². The van der Waals surface area contributed by atoms with E-state index in [1.807, 2.05) is 0 Å². The molecule has 2 heterocycles. The van der Waals surface area contributed by atoms with Crippen LogP contribution in [-0.2, 0) is 10.0 Å². The summed E-state index contributed by atoms with van der Waals surface area (Å²) >= 11 is 6.22. The minimum atomic E-state index is -3.69. The Bertz CT molecular complexity index is 753. The number of carbonyl (C=O) groups excluding carboxylic acids is 1. The molecule has 0 spiro atoms. The van der Waals surface area contributed by atoms with Gasteiger partial charge in [0.05, 0.1) is 38.2 Å². The molecule has 1 aromatic carbocycles. The molecule has 0 aliphatic carbocycles. The Kier molecular flexibility index (Phi) is 6.22. The maximum Gasteiger partial charge on any atom is 0.254 e. The molecule has 2 fully saturated rings. The van der Waals surface area contributed by atoms with Crippen molar-refractivity contribution in [2.45, 2.75) is 30.6 Å². The molecule has 2 saturated heterocycles. The molecule has 26 heavy (non-hydrogen) atoms. The second-order valence-electron chi connectivity index (χ2n) is 7.21. The minimum absolute atomic E-state index is 0.0478. The predicted octanol–water partition coefficient (Wildman–Crippen LogP) is 0.875. The molecule has 1 aromatic rings. The average molecular weight is 401 g/mol. The van der Waals surface area contributed by atoms with E-state index in [0.717, 1.165) is 38.8 Å². The number of nitrogens with one attached hydrogen (secondary N) is 1. The fourth-order valence-electron chi connectivity index (χ4n) is 3.53. The third kappa shape index (κ3) is 4.22. The van der Waals surface area contributed by atoms with Crippen LogP contribution < -0.4 is 4.90 Å². The molecule has 2 aliphatic heterocycles. The predicted molar refractivity (Wildman–Crippen MR) is 101 cm³/mol. The van der Waals surface area contributed by atoms with Crippen molar-refractivity contribution in [2.24, 2.45) is 0 Å². The summed E-state index contributed by atoms with van der Waals surface area (Å²) in [7, 11) is -1.58. The van der Waals surface area contributed by atoms with Gasteiger partial charge < -0.3 is 9.80 Å². The molecular weight excluding hydrogens is 374 g/mol. The number of benzene rings is 1. The Morgan fingerprint density at radius 2 is 1.65 bits per heavy atom. The molecule has 1 N–H and O–H groups in total. The maximum atomic E-state index is 13.1. The summed E-state index contributed by atoms with van der Waals surface area (Å²) in [5.41, 5.74) is 0.391. The lowest BCUT2D eigenvalue weighted by molar-refractivity contribution is -0.883. The molecule has 8 heteroatoms. The Balaban J connectivity index is 1.86. The van der Waals surface area contributed by atoms with Crippen LogP contribution in [0, 0.1) is 0 Å². The molecule has 0 unspecified atom stereocenters. The van der Waals surface area contributed by atoms with Crippen molar-refractivity contribution >= 4 is 27.5 Å². The highest BCUT2D eigenvalue weighted by atomic mass is 35.5. The topological polar surface area (TPSA) is 62.1 Å². The van der Waals surface area contributed by atoms with Crippen molar-refractivity contribution in [1.82, 2.24) is 9.21 Å². The third-order valence-electron chi connectivity index (χ3n) is 5.27. The zero-order valence-electron chi connectivity index (χ0n) is 15.2. The van der Waals surface area contributed by atoms with Crippen LogP contribution in [0.4, 0.5) is 0 Å². The first-order valence-electron chi connectivity index (χ1n) is 9.30. The van der Waals surface area contributed by atoms with Crippen molar-refractivity contribution in [3.63, 3.8) is 0 Å². The Labute approximate surface area is 160 Å². The van der Waals surface area contributed by atoms with E-state index in [9.17, 15) is 13.2 Å². The standard InChI is InChI=1S/C18H26ClN3O3S/c1-20-10-12-21(13-11-20)18(23)15-6-7-16(19)17(14-15)26(24,25)22-8-4-2-3-5-9-22/h6-7,14H,2-5,8-13H2,1H3/p+1. The summed E-state index contributed by atoms with van der Waals surface area (Å²) in [6, 6.07) is 4.61. The van der Waals surface area contributed by atoms with E-state index in [1.54, 1.807) is 11.0 Å². The number of sulfonamides is 1. The highest BCUT2D eigenvalue weighted by Crippen LogP contribution is 2.28. The van der Waals surface area contributed by atoms with Gasteiger partial charge in [0.15, 0.2) is 0 Å². The number of hydrogen-bond acceptors (Lipinski definition) is 3. The Hall–Kier alpha value is -1.15. The molecule has 1 amide bonds. The zero-order chi connectivity index (χ0) is 18.7. The molecule has 3 rings (SSSR count). The van der Waals surface area contributed by atoms with Gasteiger partial charge in [-0.1, -0.05) is 24.4 Å². The van der Waals surface area contributed by atoms with Crippen LogP contribution in [0.1, 0.15) is 36.0 Å². The number of piperazine rings is 1. The molecule has 2 aliphatic rings. The SMILES string of the molecule is C[NH+]1CCN(C(=O)c2ccc(Cl)c(S(=O)(=O)N3CCCCCC3)c2)CC1. The minimum Gasteiger partial charge on any atom is -0.334 e. The lowest BCUT2D eigenvalue weighted by Crippen LogP contribution is -3.12. The van der Waals surface area contributed by atoms with Crippen molar-refractivity contribution in [2.75, 3.05) is 46.3 Å². The summed E-state index contributed by atoms with van der Waals surface area (Å²) in [4.78, 5) is 16.0. The van der Waals surface area contributed by atoms with Crippen molar-refractivity contribution < 1.29 is 18.1 Å². The van der Waals surface area contributed by atoms with Crippen LogP contribution in [0.25, 0.3) is 0 Å². The highest BCUT2D eigenvalue weighted by molar-refractivity contribution is 7.89. The second-order valence-corrected chi connectivity index (χ2v) is 9.53. The third-order valence-corrected chi connectivity index (χ3v) is 7.65. The van der Waals surface area contributed by atoms with Crippen LogP contribution in [0.5, 0.6) is 0 Å². The summed E-state index contributed by atoms with van der Waals surface area (Å²) in [5, 5.41) is 0.175. The lowest BCUT2D eigenvalue weighted by atomic mass is 10.2. The van der Waals surface area contributed by atoms with Gasteiger partial charge in [0, 0.05) is 18.7 Å². The molecule has 0 atom stereocenters. The van der Waals surface area contributed by atoms with Gasteiger partial charge in [-0.3, -0.25) is 4.79 Å². The molecule has 0 radical (unpaired) electrons. The van der Waals surface area contributed by atoms with Gasteiger partial charge >= 0.3 is 0 Å². The number of nitrogens with zero attached hydrogens (tertiary/aromatic N) is 2. The molecule has 144 valence electrons. The summed E-state index contributed by atoms with van der Waals surface area (Å²) in [5.74, 6) is -0.124. The van der Waals surface area contributed by atoms with E-state index >= 15 is 0 Å². The van der Waals surface area contributed by atoms with Crippen LogP contribution >= 0.6 is 11.6 Å². The largest absolute Gasteiger partial charge is 0.334 e. The second kappa shape index (κ2) is 8.25. The number of quaternary nitrogens is 1. The van der Waals surface area contributed by atoms with Gasteiger partial charge in [0.2, 0.25) is 10.0 Å². The van der Waals surface area contributed by atoms with Crippen LogP contribution in [0.15, 0.2) is 23.1 Å². The molecule has 0 bridgehead atoms. The van der Waals surface area contributed by atoms with Gasteiger partial charge in [-0.05, 0) is 31.0 Å². The molecule has 0 saturated carbocycles. The van der Waals surface area contributed by atoms with Crippen LogP contribution in [0.2, 0.25) is 5.02 Å². The average Bonchev–Trinajstić information content (AvgIpc) is 2.92. The maximum absolute atomic E-state index is 13.1. The van der Waals surface area contributed by atoms with Gasteiger partial charge in [0.1, 0.15) is 4.90 Å². The molecular formula is C18H27ClN3O3S+. The van der Waals surface area contributed by atoms with Crippen molar-refractivity contribution in [3.8, 4) is 0 Å². The van der Waals surface area contributed by atoms with E-state index in [2.05, 4.69) is 7.05 Å². The van der Waals surface area contributed by atoms with Gasteiger partial charge in [0.25, 0.3) is 5.91 Å². The normalized spacial score (nSPS) is 20.8. The van der Waals surface area contributed by atoms with Gasteiger partial charge in [-0.25, -0.2) is 8.42 Å². The van der Waals surface area contributed by atoms with E-state index in [1.165, 1.54) is 21.3 Å². The smallest absolute Gasteiger partial charge is 0.254 e. The number of hydrogen-bond donors (Lipinski definition) is 1. The van der Waals surface area contributed by atoms with Crippen molar-refractivity contribution in [1.29, 1.82) is 0 Å². The quantitative estimate of drug-likeness (QED) is 0.819. The number of carbonyl (C=O) groups is 1. The highest BCUT2D eigenvalue weighted by Gasteiger charge is 2.29. The van der Waals surface area contributed by atoms with Crippen LogP contribution in [0.3, 0.4) is 0 Å². The summed E-state index contributed by atoms with van der Waals surface area (Å²) < 4.78 is 27.6. The van der Waals surface area contributed by atoms with E-state index in [-0.39, 0.29) is 15.8 Å². The first-order chi connectivity index (χ1) is 12.4. The first-order valence-corrected chi connectivity index (χ1v) is 11.1. The Morgan fingerprint density at radius 1 is 1.04 bits per heavy atom. The van der Waals surface area contributed by atoms with Gasteiger partial charge in [-0.15, -0.1) is 0 Å². The fourth-order valence-corrected chi connectivity index (χ4v) is 5.55. The van der Waals surface area contributed by atoms with E-state index < -0.39 is 10.0 Å². The zero-order valence-corrected chi connectivity index (χ0v) is 16.8. The summed E-state index contributed by atoms with van der Waals surface area (Å²) in [6.45, 7) is 4.19. The fraction of sp³-hybridized carbons (Fsp3) is 0.611. The first kappa shape index (κ1) is 19.6. The summed E-state index contributed by atoms with van der Waals surface area (Å²) in [6.07, 6.45) is 3.81. The van der Waals surface area contributed by atoms with Crippen molar-refractivity contribution in [3.05, 3.63) is 28.8 Å². The Morgan fingerprint density at radius 3 is 2.27 bits per heavy atom. The molecule has 6 nitrogen and oxygen atoms in total. The molecule has 0 aromatic heterocycles. The number of amides is 1. The lowest BCUT2D eigenvalue weighted by Gasteiger charge is -2.30. The number of rotatable bonds is 3. The number of likely N-dealkylation sites (N-methyl/N-ethyl adjacent to an activating group) is 1. The van der Waals surface area contributed by atoms with Crippen LogP contribution in [-0.4, -0.2) is 69.8 Å².